The van der Waals surface area contributed by atoms with E-state index in [-0.39, 0.29) is 54.2 Å². The van der Waals surface area contributed by atoms with Gasteiger partial charge in [0.2, 0.25) is 29.5 Å². The fourth-order valence-corrected chi connectivity index (χ4v) is 8.94. The maximum atomic E-state index is 14.6. The number of likely N-dealkylation sites (N-methyl/N-ethyl adjacent to an activating group) is 3. The van der Waals surface area contributed by atoms with Crippen LogP contribution in [0.3, 0.4) is 0 Å². The van der Waals surface area contributed by atoms with Crippen LogP contribution in [0, 0.1) is 29.6 Å². The van der Waals surface area contributed by atoms with Gasteiger partial charge >= 0.3 is 5.97 Å². The normalized spacial score (nSPS) is 19.0. The first kappa shape index (κ1) is 54.1. The lowest BCUT2D eigenvalue weighted by molar-refractivity contribution is -0.149. The molecule has 1 aromatic rings. The van der Waals surface area contributed by atoms with Crippen LogP contribution in [0.2, 0.25) is 0 Å². The SMILES string of the molecule is CC[C@H](C)C([C@@H](CC(=O)N1CCC[C@H]1[C@H](OC)[C@@H](C)C(=O)N[C@@H](Cc1ccccc1)C(=O)OC)OC)N(C)C(=O)[C@@H](NC(=O)C(C(C)C)N(C)C(=O)[C@@H](NC)[C@@H](C)CC)C(C)C. The van der Waals surface area contributed by atoms with Crippen molar-refractivity contribution in [2.45, 2.75) is 149 Å². The molecule has 1 aliphatic rings. The number of nitrogens with one attached hydrogen (secondary N) is 3. The predicted octanol–water partition coefficient (Wildman–Crippen LogP) is 4.07. The number of esters is 1. The van der Waals surface area contributed by atoms with Gasteiger partial charge in [0.15, 0.2) is 0 Å². The molecule has 3 N–H and O–H groups in total. The van der Waals surface area contributed by atoms with Crippen molar-refractivity contribution in [3.8, 4) is 0 Å². The van der Waals surface area contributed by atoms with E-state index >= 15 is 0 Å². The summed E-state index contributed by atoms with van der Waals surface area (Å²) in [6, 6.07) is 5.27. The number of carbonyl (C=O) groups is 6. The summed E-state index contributed by atoms with van der Waals surface area (Å²) >= 11 is 0. The summed E-state index contributed by atoms with van der Waals surface area (Å²) in [4.78, 5) is 88.0. The van der Waals surface area contributed by atoms with Crippen LogP contribution in [0.25, 0.3) is 0 Å². The Morgan fingerprint density at radius 1 is 0.774 bits per heavy atom. The highest BCUT2D eigenvalue weighted by Gasteiger charge is 2.44. The topological polar surface area (TPSA) is 176 Å². The molecule has 62 heavy (non-hydrogen) atoms. The third-order valence-electron chi connectivity index (χ3n) is 13.0. The highest BCUT2D eigenvalue weighted by atomic mass is 16.5. The second kappa shape index (κ2) is 25.9. The number of benzene rings is 1. The van der Waals surface area contributed by atoms with Crippen molar-refractivity contribution in [2.75, 3.05) is 49.0 Å². The highest BCUT2D eigenvalue weighted by Crippen LogP contribution is 2.30. The molecule has 1 fully saturated rings. The van der Waals surface area contributed by atoms with E-state index in [2.05, 4.69) is 16.0 Å². The quantitative estimate of drug-likeness (QED) is 0.122. The van der Waals surface area contributed by atoms with Crippen molar-refractivity contribution in [3.05, 3.63) is 35.9 Å². The van der Waals surface area contributed by atoms with Gasteiger partial charge < -0.3 is 44.9 Å². The summed E-state index contributed by atoms with van der Waals surface area (Å²) in [7, 11) is 9.40. The van der Waals surface area contributed by atoms with Crippen LogP contribution in [0.4, 0.5) is 0 Å². The second-order valence-corrected chi connectivity index (χ2v) is 17.9. The third-order valence-corrected chi connectivity index (χ3v) is 13.0. The molecule has 0 aromatic heterocycles. The lowest BCUT2D eigenvalue weighted by Crippen LogP contribution is -2.61. The van der Waals surface area contributed by atoms with Crippen molar-refractivity contribution in [3.63, 3.8) is 0 Å². The number of carbonyl (C=O) groups excluding carboxylic acids is 6. The molecule has 0 aliphatic carbocycles. The molecule has 15 nitrogen and oxygen atoms in total. The first-order valence-electron chi connectivity index (χ1n) is 22.5. The van der Waals surface area contributed by atoms with Gasteiger partial charge in [0.25, 0.3) is 0 Å². The Kier molecular flexibility index (Phi) is 22.6. The summed E-state index contributed by atoms with van der Waals surface area (Å²) in [5.41, 5.74) is 0.864. The summed E-state index contributed by atoms with van der Waals surface area (Å²) < 4.78 is 17.0. The average Bonchev–Trinajstić information content (AvgIpc) is 3.74. The van der Waals surface area contributed by atoms with Gasteiger partial charge in [-0.3, -0.25) is 24.0 Å². The standard InChI is InChI=1S/C47H80N6O9/c1-16-30(7)39(48-10)46(58)51(11)40(29(5)6)44(56)50-38(28(3)4)45(57)52(12)41(31(8)17-2)36(60-13)27-37(54)53-25-21-24-35(53)42(61-14)32(9)43(55)49-34(47(59)62-15)26-33-22-19-18-20-23-33/h18-20,22-23,28-32,34-36,38-42,48H,16-17,21,24-27H2,1-15H3,(H,49,55)(H,50,56)/t30-,31-,32+,34-,35-,36+,38-,39-,40?,41?,42+/m0/s1. The fourth-order valence-electron chi connectivity index (χ4n) is 8.94. The average molecular weight is 873 g/mol. The Labute approximate surface area is 372 Å². The smallest absolute Gasteiger partial charge is 0.328 e. The lowest BCUT2D eigenvalue weighted by atomic mass is 9.89. The molecule has 0 bridgehead atoms. The zero-order valence-corrected chi connectivity index (χ0v) is 40.4. The predicted molar refractivity (Wildman–Crippen MR) is 241 cm³/mol. The number of nitrogens with zero attached hydrogens (tertiary/aromatic N) is 3. The van der Waals surface area contributed by atoms with E-state index in [1.807, 2.05) is 85.7 Å². The molecular weight excluding hydrogens is 793 g/mol. The number of likely N-dealkylation sites (tertiary alicyclic amines) is 1. The van der Waals surface area contributed by atoms with E-state index in [1.54, 1.807) is 37.9 Å². The monoisotopic (exact) mass is 873 g/mol. The summed E-state index contributed by atoms with van der Waals surface area (Å²) in [6.07, 6.45) is 1.61. The molecule has 0 saturated carbocycles. The van der Waals surface area contributed by atoms with Crippen molar-refractivity contribution in [1.82, 2.24) is 30.7 Å². The molecule has 15 heteroatoms. The van der Waals surface area contributed by atoms with E-state index in [0.717, 1.165) is 12.0 Å². The number of amides is 5. The summed E-state index contributed by atoms with van der Waals surface area (Å²) in [5.74, 6) is -3.40. The Bertz CT molecular complexity index is 1590. The second-order valence-electron chi connectivity index (χ2n) is 17.9. The molecule has 0 spiro atoms. The Morgan fingerprint density at radius 3 is 1.87 bits per heavy atom. The molecule has 1 heterocycles. The van der Waals surface area contributed by atoms with Crippen LogP contribution in [0.15, 0.2) is 30.3 Å². The van der Waals surface area contributed by atoms with Crippen molar-refractivity contribution >= 4 is 35.5 Å². The molecule has 2 unspecified atom stereocenters. The molecule has 1 aliphatic heterocycles. The molecule has 0 radical (unpaired) electrons. The number of methoxy groups -OCH3 is 3. The van der Waals surface area contributed by atoms with Gasteiger partial charge in [0.05, 0.1) is 49.8 Å². The minimum Gasteiger partial charge on any atom is -0.467 e. The zero-order chi connectivity index (χ0) is 47.0. The summed E-state index contributed by atoms with van der Waals surface area (Å²) in [5, 5.41) is 8.99. The van der Waals surface area contributed by atoms with Crippen LogP contribution in [0.1, 0.15) is 100.0 Å². The molecule has 352 valence electrons. The van der Waals surface area contributed by atoms with Crippen LogP contribution in [-0.2, 0) is 49.4 Å². The minimum absolute atomic E-state index is 0.0397. The number of hydrogen-bond acceptors (Lipinski definition) is 10. The first-order chi connectivity index (χ1) is 29.3. The van der Waals surface area contributed by atoms with Crippen LogP contribution >= 0.6 is 0 Å². The van der Waals surface area contributed by atoms with Crippen LogP contribution in [0.5, 0.6) is 0 Å². The Hall–Kier alpha value is -4.08. The van der Waals surface area contributed by atoms with Gasteiger partial charge in [0.1, 0.15) is 18.1 Å². The Morgan fingerprint density at radius 2 is 1.37 bits per heavy atom. The third kappa shape index (κ3) is 14.0. The van der Waals surface area contributed by atoms with Crippen LogP contribution in [-0.4, -0.2) is 148 Å². The molecule has 2 rings (SSSR count). The van der Waals surface area contributed by atoms with E-state index < -0.39 is 72.2 Å². The zero-order valence-electron chi connectivity index (χ0n) is 40.4. The van der Waals surface area contributed by atoms with Gasteiger partial charge in [-0.1, -0.05) is 105 Å². The molecule has 11 atom stereocenters. The fraction of sp³-hybridized carbons (Fsp3) is 0.745. The Balaban J connectivity index is 2.33. The van der Waals surface area contributed by atoms with Crippen LogP contribution < -0.4 is 16.0 Å². The van der Waals surface area contributed by atoms with Gasteiger partial charge in [-0.25, -0.2) is 4.79 Å². The van der Waals surface area contributed by atoms with E-state index in [9.17, 15) is 28.8 Å². The molecule has 5 amide bonds. The van der Waals surface area contributed by atoms with Gasteiger partial charge in [-0.15, -0.1) is 0 Å². The number of rotatable bonds is 25. The molecule has 1 saturated heterocycles. The van der Waals surface area contributed by atoms with E-state index in [0.29, 0.717) is 25.8 Å². The van der Waals surface area contributed by atoms with Crippen molar-refractivity contribution < 1.29 is 43.0 Å². The molecule has 1 aromatic carbocycles. The number of ether oxygens (including phenoxy) is 3. The summed E-state index contributed by atoms with van der Waals surface area (Å²) in [6.45, 7) is 17.7. The van der Waals surface area contributed by atoms with E-state index in [1.165, 1.54) is 26.2 Å². The van der Waals surface area contributed by atoms with E-state index in [4.69, 9.17) is 14.2 Å². The van der Waals surface area contributed by atoms with Crippen molar-refractivity contribution in [1.29, 1.82) is 0 Å². The van der Waals surface area contributed by atoms with Gasteiger partial charge in [-0.2, -0.15) is 0 Å². The van der Waals surface area contributed by atoms with Gasteiger partial charge in [0, 0.05) is 41.3 Å². The van der Waals surface area contributed by atoms with Crippen molar-refractivity contribution in [2.24, 2.45) is 29.6 Å². The maximum absolute atomic E-state index is 14.6. The maximum Gasteiger partial charge on any atom is 0.328 e. The first-order valence-corrected chi connectivity index (χ1v) is 22.5. The minimum atomic E-state index is -0.920. The molecular formula is C47H80N6O9. The number of hydrogen-bond donors (Lipinski definition) is 3. The largest absolute Gasteiger partial charge is 0.467 e. The van der Waals surface area contributed by atoms with Gasteiger partial charge in [-0.05, 0) is 49.1 Å². The highest BCUT2D eigenvalue weighted by molar-refractivity contribution is 5.93. The lowest BCUT2D eigenvalue weighted by Gasteiger charge is -2.41.